The number of benzene rings is 1. The number of carbonyl (C=O) groups excluding carboxylic acids is 1. The topological polar surface area (TPSA) is 84.6 Å². The molecule has 0 atom stereocenters. The van der Waals surface area contributed by atoms with Crippen molar-refractivity contribution in [1.29, 1.82) is 0 Å². The first kappa shape index (κ1) is 23.5. The molecule has 0 aliphatic carbocycles. The minimum absolute atomic E-state index is 0. The number of hydrogen-bond donors (Lipinski definition) is 3. The molecule has 25 heavy (non-hydrogen) atoms. The van der Waals surface area contributed by atoms with Crippen LogP contribution in [0.2, 0.25) is 0 Å². The molecular weight excluding hydrogens is 340 g/mol. The molecule has 0 aliphatic heterocycles. The van der Waals surface area contributed by atoms with Gasteiger partial charge in [0.1, 0.15) is 11.5 Å². The van der Waals surface area contributed by atoms with Crippen LogP contribution in [0.25, 0.3) is 0 Å². The van der Waals surface area contributed by atoms with E-state index in [0.717, 1.165) is 12.8 Å². The summed E-state index contributed by atoms with van der Waals surface area (Å²) in [5.74, 6) is 5.02. The van der Waals surface area contributed by atoms with Gasteiger partial charge >= 0.3 is 0 Å². The van der Waals surface area contributed by atoms with E-state index in [2.05, 4.69) is 6.92 Å². The Hall–Kier alpha value is -1.46. The summed E-state index contributed by atoms with van der Waals surface area (Å²) in [5.41, 5.74) is 2.13. The summed E-state index contributed by atoms with van der Waals surface area (Å²) >= 11 is 0. The van der Waals surface area contributed by atoms with Crippen molar-refractivity contribution in [3.63, 3.8) is 0 Å². The van der Waals surface area contributed by atoms with E-state index in [1.54, 1.807) is 6.07 Å². The van der Waals surface area contributed by atoms with E-state index >= 15 is 0 Å². The summed E-state index contributed by atoms with van der Waals surface area (Å²) in [7, 11) is 0. The number of nitrogens with two attached hydrogens (primary N) is 1. The third-order valence-electron chi connectivity index (χ3n) is 4.11. The van der Waals surface area contributed by atoms with E-state index in [1.807, 2.05) is 5.43 Å². The third-order valence-corrected chi connectivity index (χ3v) is 4.11. The predicted molar refractivity (Wildman–Crippen MR) is 104 cm³/mol. The molecule has 6 heteroatoms. The molecule has 0 aliphatic rings. The molecule has 0 saturated carbocycles. The summed E-state index contributed by atoms with van der Waals surface area (Å²) in [6.45, 7) is 2.86. The first-order valence-corrected chi connectivity index (χ1v) is 9.15. The van der Waals surface area contributed by atoms with Crippen molar-refractivity contribution in [3.8, 4) is 11.5 Å². The van der Waals surface area contributed by atoms with Crippen LogP contribution in [0.1, 0.15) is 81.5 Å². The van der Waals surface area contributed by atoms with Crippen LogP contribution in [0.3, 0.4) is 0 Å². The highest BCUT2D eigenvalue weighted by atomic mass is 35.5. The molecule has 1 rings (SSSR count). The fourth-order valence-electron chi connectivity index (χ4n) is 2.64. The fourth-order valence-corrected chi connectivity index (χ4v) is 2.64. The van der Waals surface area contributed by atoms with Gasteiger partial charge in [-0.15, -0.1) is 12.4 Å². The Morgan fingerprint density at radius 3 is 2.16 bits per heavy atom. The number of carbonyl (C=O) groups is 1. The molecule has 0 bridgehead atoms. The van der Waals surface area contributed by atoms with Gasteiger partial charge in [-0.25, -0.2) is 5.84 Å². The van der Waals surface area contributed by atoms with Crippen LogP contribution in [0.4, 0.5) is 0 Å². The highest BCUT2D eigenvalue weighted by Crippen LogP contribution is 2.23. The second kappa shape index (κ2) is 14.8. The second-order valence-corrected chi connectivity index (χ2v) is 6.18. The van der Waals surface area contributed by atoms with E-state index in [0.29, 0.717) is 12.4 Å². The van der Waals surface area contributed by atoms with E-state index in [9.17, 15) is 9.90 Å². The summed E-state index contributed by atoms with van der Waals surface area (Å²) in [6.07, 6.45) is 12.8. The molecule has 4 N–H and O–H groups in total. The lowest BCUT2D eigenvalue weighted by Crippen LogP contribution is -2.30. The number of phenolic OH excluding ortho intramolecular Hbond substituents is 1. The molecular formula is C19H33ClN2O3. The number of rotatable bonds is 13. The number of unbranched alkanes of at least 4 members (excludes halogenated alkanes) is 9. The second-order valence-electron chi connectivity index (χ2n) is 6.18. The smallest absolute Gasteiger partial charge is 0.269 e. The van der Waals surface area contributed by atoms with Gasteiger partial charge in [0.15, 0.2) is 0 Å². The van der Waals surface area contributed by atoms with Crippen LogP contribution in [-0.2, 0) is 0 Å². The lowest BCUT2D eigenvalue weighted by Gasteiger charge is -2.09. The first-order chi connectivity index (χ1) is 11.7. The van der Waals surface area contributed by atoms with E-state index in [4.69, 9.17) is 10.6 Å². The van der Waals surface area contributed by atoms with E-state index in [-0.39, 0.29) is 23.7 Å². The van der Waals surface area contributed by atoms with E-state index in [1.165, 1.54) is 63.5 Å². The minimum Gasteiger partial charge on any atom is -0.507 e. The van der Waals surface area contributed by atoms with Crippen LogP contribution in [0, 0.1) is 0 Å². The SMILES string of the molecule is CCCCCCCCCCCCOc1ccc(O)c(C(=O)NN)c1.Cl. The normalized spacial score (nSPS) is 10.2. The molecule has 1 amide bonds. The van der Waals surface area contributed by atoms with Gasteiger partial charge < -0.3 is 9.84 Å². The Morgan fingerprint density at radius 2 is 1.60 bits per heavy atom. The zero-order valence-corrected chi connectivity index (χ0v) is 16.1. The average molecular weight is 373 g/mol. The first-order valence-electron chi connectivity index (χ1n) is 9.15. The Labute approximate surface area is 157 Å². The average Bonchev–Trinajstić information content (AvgIpc) is 2.60. The van der Waals surface area contributed by atoms with Gasteiger partial charge in [0.05, 0.1) is 12.2 Å². The highest BCUT2D eigenvalue weighted by Gasteiger charge is 2.11. The maximum Gasteiger partial charge on any atom is 0.269 e. The number of amides is 1. The molecule has 0 radical (unpaired) electrons. The van der Waals surface area contributed by atoms with Gasteiger partial charge in [-0.3, -0.25) is 10.2 Å². The highest BCUT2D eigenvalue weighted by molar-refractivity contribution is 5.96. The van der Waals surface area contributed by atoms with Gasteiger partial charge in [0, 0.05) is 0 Å². The minimum atomic E-state index is -0.531. The Balaban J connectivity index is 0.00000576. The number of phenols is 1. The molecule has 0 aromatic heterocycles. The largest absolute Gasteiger partial charge is 0.507 e. The van der Waals surface area contributed by atoms with Crippen LogP contribution in [0.5, 0.6) is 11.5 Å². The van der Waals surface area contributed by atoms with Crippen LogP contribution in [0.15, 0.2) is 18.2 Å². The number of hydrogen-bond acceptors (Lipinski definition) is 4. The van der Waals surface area contributed by atoms with Gasteiger partial charge in [0.2, 0.25) is 0 Å². The van der Waals surface area contributed by atoms with E-state index < -0.39 is 5.91 Å². The Kier molecular flexibility index (Phi) is 14.0. The lowest BCUT2D eigenvalue weighted by atomic mass is 10.1. The van der Waals surface area contributed by atoms with Gasteiger partial charge in [0.25, 0.3) is 5.91 Å². The molecule has 0 heterocycles. The van der Waals surface area contributed by atoms with Crippen LogP contribution >= 0.6 is 12.4 Å². The molecule has 1 aromatic rings. The number of halogens is 1. The number of ether oxygens (including phenoxy) is 1. The Bertz CT molecular complexity index is 484. The monoisotopic (exact) mass is 372 g/mol. The van der Waals surface area contributed by atoms with Gasteiger partial charge in [-0.1, -0.05) is 64.7 Å². The van der Waals surface area contributed by atoms with Crippen molar-refractivity contribution in [2.75, 3.05) is 6.61 Å². The van der Waals surface area contributed by atoms with Gasteiger partial charge in [-0.05, 0) is 24.6 Å². The summed E-state index contributed by atoms with van der Waals surface area (Å²) in [4.78, 5) is 11.5. The van der Waals surface area contributed by atoms with Crippen molar-refractivity contribution in [2.45, 2.75) is 71.1 Å². The maximum atomic E-state index is 11.5. The van der Waals surface area contributed by atoms with Crippen molar-refractivity contribution in [1.82, 2.24) is 5.43 Å². The lowest BCUT2D eigenvalue weighted by molar-refractivity contribution is 0.0950. The summed E-state index contributed by atoms with van der Waals surface area (Å²) in [5, 5.41) is 9.62. The van der Waals surface area contributed by atoms with Crippen molar-refractivity contribution >= 4 is 18.3 Å². The fraction of sp³-hybridized carbons (Fsp3) is 0.632. The van der Waals surface area contributed by atoms with Crippen molar-refractivity contribution in [3.05, 3.63) is 23.8 Å². The molecule has 0 spiro atoms. The number of nitrogen functional groups attached to an aromatic ring is 1. The molecule has 0 fully saturated rings. The predicted octanol–water partition coefficient (Wildman–Crippen LogP) is 4.72. The van der Waals surface area contributed by atoms with Crippen LogP contribution in [-0.4, -0.2) is 17.6 Å². The van der Waals surface area contributed by atoms with Crippen molar-refractivity contribution in [2.24, 2.45) is 5.84 Å². The summed E-state index contributed by atoms with van der Waals surface area (Å²) in [6, 6.07) is 4.60. The number of hydrazine groups is 1. The van der Waals surface area contributed by atoms with Crippen LogP contribution < -0.4 is 16.0 Å². The zero-order chi connectivity index (χ0) is 17.6. The molecule has 0 unspecified atom stereocenters. The van der Waals surface area contributed by atoms with Crippen molar-refractivity contribution < 1.29 is 14.6 Å². The zero-order valence-electron chi connectivity index (χ0n) is 15.3. The third kappa shape index (κ3) is 10.2. The quantitative estimate of drug-likeness (QED) is 0.202. The molecule has 0 saturated heterocycles. The number of aromatic hydroxyl groups is 1. The standard InChI is InChI=1S/C19H32N2O3.ClH/c1-2-3-4-5-6-7-8-9-10-11-14-24-16-12-13-18(22)17(15-16)19(23)21-20;/h12-13,15,22H,2-11,14,20H2,1H3,(H,21,23);1H. The number of nitrogens with one attached hydrogen (secondary N) is 1. The molecule has 1 aromatic carbocycles. The Morgan fingerprint density at radius 1 is 1.04 bits per heavy atom. The maximum absolute atomic E-state index is 11.5. The van der Waals surface area contributed by atoms with Gasteiger partial charge in [-0.2, -0.15) is 0 Å². The molecule has 5 nitrogen and oxygen atoms in total. The molecule has 144 valence electrons. The summed E-state index contributed by atoms with van der Waals surface area (Å²) < 4.78 is 5.64.